The Morgan fingerprint density at radius 3 is 1.61 bits per heavy atom. The van der Waals surface area contributed by atoms with E-state index in [0.29, 0.717) is 61.0 Å². The number of rotatable bonds is 17. The fraction of sp³-hybridized carbons (Fsp3) is 0.267. The molecule has 76 heavy (non-hydrogen) atoms. The van der Waals surface area contributed by atoms with Crippen LogP contribution < -0.4 is 10.6 Å². The van der Waals surface area contributed by atoms with E-state index in [1.807, 2.05) is 54.6 Å². The van der Waals surface area contributed by atoms with Crippen LogP contribution in [0.1, 0.15) is 33.5 Å². The molecule has 2 aromatic heterocycles. The Hall–Kier alpha value is -6.68. The zero-order valence-electron chi connectivity index (χ0n) is 42.4. The van der Waals surface area contributed by atoms with E-state index in [1.165, 1.54) is 18.3 Å². The van der Waals surface area contributed by atoms with Crippen molar-refractivity contribution < 1.29 is 24.2 Å². The van der Waals surface area contributed by atoms with Gasteiger partial charge in [0.1, 0.15) is 5.78 Å². The zero-order valence-corrected chi connectivity index (χ0v) is 44.6. The van der Waals surface area contributed by atoms with Crippen LogP contribution >= 0.6 is 34.8 Å². The van der Waals surface area contributed by atoms with Gasteiger partial charge in [-0.2, -0.15) is 0 Å². The Kier molecular flexibility index (Phi) is 16.2. The average Bonchev–Trinajstić information content (AvgIpc) is 3.44. The summed E-state index contributed by atoms with van der Waals surface area (Å²) in [5.74, 6) is -2.48. The Labute approximate surface area is 456 Å². The van der Waals surface area contributed by atoms with Gasteiger partial charge in [0.05, 0.1) is 49.5 Å². The summed E-state index contributed by atoms with van der Waals surface area (Å²) >= 11 is 19.0. The molecule has 4 heterocycles. The van der Waals surface area contributed by atoms with E-state index in [4.69, 9.17) is 44.8 Å². The Balaban J connectivity index is 0.974. The molecule has 2 aliphatic heterocycles. The quantitative estimate of drug-likeness (QED) is 0.0510. The molecular weight excluding hydrogens is 1020 g/mol. The molecule has 0 atom stereocenters. The van der Waals surface area contributed by atoms with E-state index in [2.05, 4.69) is 68.6 Å². The highest BCUT2D eigenvalue weighted by Gasteiger charge is 2.23. The van der Waals surface area contributed by atoms with E-state index < -0.39 is 23.8 Å². The van der Waals surface area contributed by atoms with Crippen molar-refractivity contribution in [2.24, 2.45) is 0 Å². The fourth-order valence-electron chi connectivity index (χ4n) is 10.0. The molecule has 16 heteroatoms. The van der Waals surface area contributed by atoms with Crippen LogP contribution in [0.4, 0.5) is 27.1 Å². The molecule has 2 aliphatic rings. The van der Waals surface area contributed by atoms with Crippen LogP contribution in [-0.2, 0) is 24.1 Å². The summed E-state index contributed by atoms with van der Waals surface area (Å²) in [5, 5.41) is 29.0. The minimum absolute atomic E-state index is 0.0955. The lowest BCUT2D eigenvalue weighted by atomic mass is 9.96. The number of aromatic nitrogens is 2. The van der Waals surface area contributed by atoms with Crippen molar-refractivity contribution in [3.63, 3.8) is 0 Å². The Bertz CT molecular complexity index is 3450. The third-order valence-electron chi connectivity index (χ3n) is 14.6. The van der Waals surface area contributed by atoms with Gasteiger partial charge < -0.3 is 40.4 Å². The highest BCUT2D eigenvalue weighted by molar-refractivity contribution is 6.37. The number of piperazine rings is 2. The monoisotopic (exact) mass is 1080 g/mol. The topological polar surface area (TPSA) is 137 Å². The van der Waals surface area contributed by atoms with Crippen LogP contribution in [-0.4, -0.2) is 131 Å². The van der Waals surface area contributed by atoms with Crippen LogP contribution in [0.25, 0.3) is 44.1 Å². The van der Waals surface area contributed by atoms with Crippen molar-refractivity contribution in [2.75, 3.05) is 90.2 Å². The first-order chi connectivity index (χ1) is 36.7. The van der Waals surface area contributed by atoms with Crippen LogP contribution in [0, 0.1) is 5.82 Å². The largest absolute Gasteiger partial charge is 0.505 e. The molecule has 10 rings (SSSR count). The summed E-state index contributed by atoms with van der Waals surface area (Å²) in [5.41, 5.74) is 9.38. The lowest BCUT2D eigenvalue weighted by Crippen LogP contribution is -2.45. The standard InChI is InChI=1S/C60H58Cl3FN8O4/c1-69-17-21-71(22-18-69)15-13-37-5-3-7-44(25-37)67-57-43(35-65-54-11-10-40(28-47(54)57)42-32-52(63)60(76)53(64)33-42)27-46(73)34-56(74)49-36-66-55-12-9-39(41-30-50(61)59(75)51(62)31-41)29-48(55)58(49)68-45-8-4-6-38(26-45)14-16-72-23-19-70(2)20-24-72/h3-12,25-26,28-33,35-36,75-76H,13-24,27,34H2,1-2H3,(H,65,67)(H,66,68). The van der Waals surface area contributed by atoms with Gasteiger partial charge in [0.25, 0.3) is 0 Å². The van der Waals surface area contributed by atoms with Crippen molar-refractivity contribution in [1.29, 1.82) is 0 Å². The number of nitrogens with one attached hydrogen (secondary N) is 2. The number of phenolic OH excluding ortho intramolecular Hbond substituents is 2. The highest BCUT2D eigenvalue weighted by Crippen LogP contribution is 2.40. The Morgan fingerprint density at radius 2 is 1.07 bits per heavy atom. The molecule has 0 radical (unpaired) electrons. The molecule has 0 aliphatic carbocycles. The number of hydrogen-bond donors (Lipinski definition) is 4. The molecule has 0 unspecified atom stereocenters. The molecule has 8 aromatic rings. The number of hydrogen-bond acceptors (Lipinski definition) is 12. The predicted octanol–water partition coefficient (Wildman–Crippen LogP) is 12.1. The number of Topliss-reactive ketones (excluding diaryl/α,β-unsaturated/α-hetero) is 2. The first kappa shape index (κ1) is 52.7. The first-order valence-electron chi connectivity index (χ1n) is 25.5. The molecule has 6 aromatic carbocycles. The van der Waals surface area contributed by atoms with E-state index in [0.717, 1.165) is 101 Å². The molecule has 390 valence electrons. The van der Waals surface area contributed by atoms with E-state index in [-0.39, 0.29) is 38.6 Å². The summed E-state index contributed by atoms with van der Waals surface area (Å²) in [4.78, 5) is 48.4. The lowest BCUT2D eigenvalue weighted by molar-refractivity contribution is -0.117. The van der Waals surface area contributed by atoms with Gasteiger partial charge in [0, 0.05) is 112 Å². The van der Waals surface area contributed by atoms with E-state index >= 15 is 0 Å². The summed E-state index contributed by atoms with van der Waals surface area (Å²) in [7, 11) is 4.30. The number of benzene rings is 6. The number of ketones is 2. The highest BCUT2D eigenvalue weighted by atomic mass is 35.5. The number of anilines is 4. The van der Waals surface area contributed by atoms with Crippen molar-refractivity contribution in [1.82, 2.24) is 29.6 Å². The molecule has 2 saturated heterocycles. The van der Waals surface area contributed by atoms with Crippen molar-refractivity contribution >= 4 is 90.9 Å². The number of phenols is 2. The van der Waals surface area contributed by atoms with E-state index in [1.54, 1.807) is 24.4 Å². The fourth-order valence-corrected chi connectivity index (χ4v) is 10.7. The SMILES string of the molecule is CN1CCN(CCc2cccc(Nc3c(CC(=O)CC(=O)c4cnc5ccc(-c6cc(Cl)c(O)c(Cl)c6)cc5c4Nc4cccc(CCN5CCN(C)CC5)c4)cnc4ccc(-c5cc(F)c(O)c(Cl)c5)cc34)c2)CC1. The number of halogens is 4. The minimum atomic E-state index is -0.853. The van der Waals surface area contributed by atoms with Crippen LogP contribution in [0.15, 0.2) is 122 Å². The van der Waals surface area contributed by atoms with Gasteiger partial charge >= 0.3 is 0 Å². The zero-order chi connectivity index (χ0) is 53.0. The number of nitrogens with zero attached hydrogens (tertiary/aromatic N) is 6. The van der Waals surface area contributed by atoms with Gasteiger partial charge in [0.2, 0.25) is 0 Å². The Morgan fingerprint density at radius 1 is 0.579 bits per heavy atom. The summed E-state index contributed by atoms with van der Waals surface area (Å²) in [6.45, 7) is 10.1. The third-order valence-corrected chi connectivity index (χ3v) is 15.4. The van der Waals surface area contributed by atoms with E-state index in [9.17, 15) is 24.2 Å². The van der Waals surface area contributed by atoms with Crippen molar-refractivity contribution in [3.8, 4) is 33.8 Å². The third kappa shape index (κ3) is 12.3. The number of pyridine rings is 2. The maximum Gasteiger partial charge on any atom is 0.173 e. The molecule has 12 nitrogen and oxygen atoms in total. The number of likely N-dealkylation sites (N-methyl/N-ethyl adjacent to an activating group) is 2. The maximum absolute atomic E-state index is 14.9. The summed E-state index contributed by atoms with van der Waals surface area (Å²) in [6, 6.07) is 33.4. The molecule has 4 N–H and O–H groups in total. The smallest absolute Gasteiger partial charge is 0.173 e. The summed E-state index contributed by atoms with van der Waals surface area (Å²) < 4.78 is 14.9. The summed E-state index contributed by atoms with van der Waals surface area (Å²) in [6.07, 6.45) is 4.29. The van der Waals surface area contributed by atoms with Gasteiger partial charge in [-0.15, -0.1) is 0 Å². The number of carbonyl (C=O) groups is 2. The van der Waals surface area contributed by atoms with Gasteiger partial charge in [-0.05, 0) is 133 Å². The molecule has 0 amide bonds. The van der Waals surface area contributed by atoms with Crippen LogP contribution in [0.3, 0.4) is 0 Å². The van der Waals surface area contributed by atoms with Gasteiger partial charge in [-0.1, -0.05) is 71.2 Å². The second-order valence-corrected chi connectivity index (χ2v) is 21.2. The number of carbonyl (C=O) groups excluding carboxylic acids is 2. The minimum Gasteiger partial charge on any atom is -0.505 e. The number of fused-ring (bicyclic) bond motifs is 2. The van der Waals surface area contributed by atoms with Gasteiger partial charge in [-0.3, -0.25) is 19.6 Å². The number of aromatic hydroxyl groups is 2. The lowest BCUT2D eigenvalue weighted by Gasteiger charge is -2.32. The first-order valence-corrected chi connectivity index (χ1v) is 26.6. The van der Waals surface area contributed by atoms with Gasteiger partial charge in [-0.25, -0.2) is 4.39 Å². The second kappa shape index (κ2) is 23.3. The maximum atomic E-state index is 14.9. The molecular formula is C60H58Cl3FN8O4. The van der Waals surface area contributed by atoms with Crippen molar-refractivity contribution in [2.45, 2.75) is 25.7 Å². The average molecular weight is 1080 g/mol. The normalized spacial score (nSPS) is 14.9. The van der Waals surface area contributed by atoms with Crippen LogP contribution in [0.2, 0.25) is 15.1 Å². The van der Waals surface area contributed by atoms with Gasteiger partial charge in [0.15, 0.2) is 23.1 Å². The molecule has 0 saturated carbocycles. The molecule has 0 spiro atoms. The molecule has 2 fully saturated rings. The predicted molar refractivity (Wildman–Crippen MR) is 305 cm³/mol. The second-order valence-electron chi connectivity index (χ2n) is 20.0. The van der Waals surface area contributed by atoms with Crippen LogP contribution in [0.5, 0.6) is 11.5 Å². The molecule has 0 bridgehead atoms. The van der Waals surface area contributed by atoms with Crippen molar-refractivity contribution in [3.05, 3.63) is 165 Å².